The van der Waals surface area contributed by atoms with Crippen molar-refractivity contribution in [3.8, 4) is 0 Å². The summed E-state index contributed by atoms with van der Waals surface area (Å²) < 4.78 is 0. The highest BCUT2D eigenvalue weighted by Gasteiger charge is 2.27. The highest BCUT2D eigenvalue weighted by atomic mass is 14.7. The minimum atomic E-state index is -0.165. The van der Waals surface area contributed by atoms with Crippen LogP contribution in [0.25, 0.3) is 0 Å². The van der Waals surface area contributed by atoms with Gasteiger partial charge in [-0.05, 0) is 12.0 Å². The molecule has 0 spiro atoms. The van der Waals surface area contributed by atoms with Crippen molar-refractivity contribution >= 4 is 0 Å². The van der Waals surface area contributed by atoms with Crippen molar-refractivity contribution in [2.45, 2.75) is 12.0 Å². The van der Waals surface area contributed by atoms with Crippen LogP contribution in [0.4, 0.5) is 0 Å². The van der Waals surface area contributed by atoms with Gasteiger partial charge in [-0.2, -0.15) is 0 Å². The first kappa shape index (κ1) is 6.62. The van der Waals surface area contributed by atoms with E-state index in [-0.39, 0.29) is 5.54 Å². The molecule has 1 aliphatic rings. The molecule has 0 amide bonds. The Hall–Kier alpha value is -1.08. The Morgan fingerprint density at radius 2 is 1.82 bits per heavy atom. The molecule has 1 heteroatoms. The summed E-state index contributed by atoms with van der Waals surface area (Å²) in [5.41, 5.74) is 7.08. The third-order valence-corrected chi connectivity index (χ3v) is 2.18. The monoisotopic (exact) mass is 145 g/mol. The molecule has 0 saturated heterocycles. The van der Waals surface area contributed by atoms with Crippen molar-refractivity contribution in [1.82, 2.24) is 0 Å². The lowest BCUT2D eigenvalue weighted by Gasteiger charge is -2.31. The molecule has 0 fully saturated rings. The van der Waals surface area contributed by atoms with E-state index in [0.717, 1.165) is 6.42 Å². The average Bonchev–Trinajstić information content (AvgIpc) is 2.02. The van der Waals surface area contributed by atoms with Crippen LogP contribution in [0.5, 0.6) is 0 Å². The van der Waals surface area contributed by atoms with Gasteiger partial charge in [-0.1, -0.05) is 42.5 Å². The van der Waals surface area contributed by atoms with Crippen LogP contribution in [0.15, 0.2) is 42.5 Å². The molecule has 1 aromatic carbocycles. The lowest BCUT2D eigenvalue weighted by molar-refractivity contribution is 0.522. The van der Waals surface area contributed by atoms with Crippen molar-refractivity contribution < 1.29 is 0 Å². The second-order valence-corrected chi connectivity index (χ2v) is 3.01. The van der Waals surface area contributed by atoms with Crippen molar-refractivity contribution in [3.05, 3.63) is 48.0 Å². The van der Waals surface area contributed by atoms with Gasteiger partial charge in [0.05, 0.1) is 5.54 Å². The van der Waals surface area contributed by atoms with Crippen LogP contribution in [0.2, 0.25) is 0 Å². The smallest absolute Gasteiger partial charge is 0.0630 e. The molecular weight excluding hydrogens is 134 g/mol. The Kier molecular flexibility index (Phi) is 1.33. The highest BCUT2D eigenvalue weighted by molar-refractivity contribution is 5.34. The van der Waals surface area contributed by atoms with Crippen molar-refractivity contribution in [1.29, 1.82) is 0 Å². The van der Waals surface area contributed by atoms with Crippen LogP contribution in [0.3, 0.4) is 0 Å². The number of rotatable bonds is 1. The van der Waals surface area contributed by atoms with E-state index in [1.165, 1.54) is 5.56 Å². The quantitative estimate of drug-likeness (QED) is 0.599. The summed E-state index contributed by atoms with van der Waals surface area (Å²) in [6, 6.07) is 10.2. The van der Waals surface area contributed by atoms with Crippen LogP contribution >= 0.6 is 0 Å². The Morgan fingerprint density at radius 1 is 1.18 bits per heavy atom. The maximum Gasteiger partial charge on any atom is 0.0630 e. The molecule has 2 N–H and O–H groups in total. The molecule has 0 saturated carbocycles. The molecule has 0 bridgehead atoms. The molecule has 11 heavy (non-hydrogen) atoms. The summed E-state index contributed by atoms with van der Waals surface area (Å²) in [6.45, 7) is 0. The van der Waals surface area contributed by atoms with Gasteiger partial charge < -0.3 is 5.73 Å². The largest absolute Gasteiger partial charge is 0.318 e. The van der Waals surface area contributed by atoms with Gasteiger partial charge >= 0.3 is 0 Å². The predicted octanol–water partition coefficient (Wildman–Crippen LogP) is 1.80. The summed E-state index contributed by atoms with van der Waals surface area (Å²) in [6.07, 6.45) is 5.13. The van der Waals surface area contributed by atoms with Gasteiger partial charge in [-0.3, -0.25) is 0 Å². The summed E-state index contributed by atoms with van der Waals surface area (Å²) in [5.74, 6) is 0. The molecule has 1 atom stereocenters. The Balaban J connectivity index is 2.37. The molecule has 56 valence electrons. The maximum absolute atomic E-state index is 6.04. The molecule has 1 aromatic rings. The van der Waals surface area contributed by atoms with E-state index in [1.807, 2.05) is 18.2 Å². The maximum atomic E-state index is 6.04. The molecule has 1 nitrogen and oxygen atoms in total. The highest BCUT2D eigenvalue weighted by Crippen LogP contribution is 2.30. The molecular formula is C10H11N. The number of hydrogen-bond acceptors (Lipinski definition) is 1. The minimum absolute atomic E-state index is 0.165. The number of nitrogens with two attached hydrogens (primary N) is 1. The molecule has 2 rings (SSSR count). The van der Waals surface area contributed by atoms with Gasteiger partial charge in [0.1, 0.15) is 0 Å². The van der Waals surface area contributed by atoms with E-state index >= 15 is 0 Å². The van der Waals surface area contributed by atoms with Gasteiger partial charge in [0, 0.05) is 0 Å². The van der Waals surface area contributed by atoms with Crippen LogP contribution in [0.1, 0.15) is 12.0 Å². The first-order valence-electron chi connectivity index (χ1n) is 3.83. The summed E-state index contributed by atoms with van der Waals surface area (Å²) >= 11 is 0. The predicted molar refractivity (Wildman–Crippen MR) is 46.1 cm³/mol. The molecule has 0 radical (unpaired) electrons. The lowest BCUT2D eigenvalue weighted by atomic mass is 9.80. The molecule has 1 unspecified atom stereocenters. The fraction of sp³-hybridized carbons (Fsp3) is 0.200. The average molecular weight is 145 g/mol. The molecule has 0 aliphatic heterocycles. The van der Waals surface area contributed by atoms with Crippen LogP contribution < -0.4 is 5.73 Å². The molecule has 0 heterocycles. The Labute approximate surface area is 66.5 Å². The Bertz CT molecular complexity index is 276. The zero-order valence-electron chi connectivity index (χ0n) is 6.33. The van der Waals surface area contributed by atoms with Crippen LogP contribution in [-0.2, 0) is 5.54 Å². The minimum Gasteiger partial charge on any atom is -0.318 e. The van der Waals surface area contributed by atoms with Crippen molar-refractivity contribution in [2.24, 2.45) is 5.73 Å². The van der Waals surface area contributed by atoms with Gasteiger partial charge in [0.2, 0.25) is 0 Å². The van der Waals surface area contributed by atoms with Gasteiger partial charge in [0.25, 0.3) is 0 Å². The van der Waals surface area contributed by atoms with Gasteiger partial charge in [-0.15, -0.1) is 0 Å². The molecule has 1 aliphatic carbocycles. The van der Waals surface area contributed by atoms with E-state index in [2.05, 4.69) is 24.3 Å². The fourth-order valence-corrected chi connectivity index (χ4v) is 1.33. The van der Waals surface area contributed by atoms with E-state index < -0.39 is 0 Å². The van der Waals surface area contributed by atoms with E-state index in [9.17, 15) is 0 Å². The number of benzene rings is 1. The zero-order chi connectivity index (χ0) is 7.73. The summed E-state index contributed by atoms with van der Waals surface area (Å²) in [7, 11) is 0. The third-order valence-electron chi connectivity index (χ3n) is 2.18. The van der Waals surface area contributed by atoms with E-state index in [0.29, 0.717) is 0 Å². The van der Waals surface area contributed by atoms with Crippen LogP contribution in [-0.4, -0.2) is 0 Å². The summed E-state index contributed by atoms with van der Waals surface area (Å²) in [4.78, 5) is 0. The first-order chi connectivity index (χ1) is 5.31. The standard InChI is InChI=1S/C10H11N/c11-10(7-4-8-10)9-5-2-1-3-6-9/h1-7H,8,11H2. The summed E-state index contributed by atoms with van der Waals surface area (Å²) in [5, 5.41) is 0. The number of hydrogen-bond donors (Lipinski definition) is 1. The fourth-order valence-electron chi connectivity index (χ4n) is 1.33. The lowest BCUT2D eigenvalue weighted by Crippen LogP contribution is -2.38. The normalized spacial score (nSPS) is 28.1. The SMILES string of the molecule is NC1(c2ccccc2)C=CC1. The molecule has 0 aromatic heterocycles. The van der Waals surface area contributed by atoms with Gasteiger partial charge in [0.15, 0.2) is 0 Å². The van der Waals surface area contributed by atoms with Crippen LogP contribution in [0, 0.1) is 0 Å². The van der Waals surface area contributed by atoms with E-state index in [1.54, 1.807) is 0 Å². The third kappa shape index (κ3) is 0.976. The Morgan fingerprint density at radius 3 is 2.27 bits per heavy atom. The second kappa shape index (κ2) is 2.21. The first-order valence-corrected chi connectivity index (χ1v) is 3.83. The topological polar surface area (TPSA) is 26.0 Å². The van der Waals surface area contributed by atoms with Gasteiger partial charge in [-0.25, -0.2) is 0 Å². The van der Waals surface area contributed by atoms with Crippen molar-refractivity contribution in [3.63, 3.8) is 0 Å². The van der Waals surface area contributed by atoms with E-state index in [4.69, 9.17) is 5.73 Å². The van der Waals surface area contributed by atoms with Crippen molar-refractivity contribution in [2.75, 3.05) is 0 Å². The second-order valence-electron chi connectivity index (χ2n) is 3.01. The zero-order valence-corrected chi connectivity index (χ0v) is 6.33.